The maximum Gasteiger partial charge on any atom is 0.181 e. The van der Waals surface area contributed by atoms with Gasteiger partial charge in [0, 0.05) is 12.0 Å². The van der Waals surface area contributed by atoms with Gasteiger partial charge < -0.3 is 0 Å². The van der Waals surface area contributed by atoms with Crippen molar-refractivity contribution in [3.05, 3.63) is 36.2 Å². The maximum atomic E-state index is 4.62. The third-order valence-electron chi connectivity index (χ3n) is 3.17. The zero-order valence-corrected chi connectivity index (χ0v) is 9.43. The molecule has 1 aromatic heterocycles. The molecule has 1 unspecified atom stereocenters. The van der Waals surface area contributed by atoms with E-state index in [1.807, 2.05) is 18.2 Å². The van der Waals surface area contributed by atoms with Gasteiger partial charge in [-0.25, -0.2) is 9.67 Å². The van der Waals surface area contributed by atoms with Crippen LogP contribution in [0, 0.1) is 0 Å². The molecule has 3 rings (SSSR count). The van der Waals surface area contributed by atoms with E-state index in [4.69, 9.17) is 0 Å². The van der Waals surface area contributed by atoms with Crippen molar-refractivity contribution in [2.45, 2.75) is 32.2 Å². The Hall–Kier alpha value is -1.64. The van der Waals surface area contributed by atoms with Crippen LogP contribution in [0.15, 0.2) is 30.3 Å². The topological polar surface area (TPSA) is 30.7 Å². The van der Waals surface area contributed by atoms with Crippen LogP contribution in [0.2, 0.25) is 0 Å². The highest BCUT2D eigenvalue weighted by Gasteiger charge is 2.19. The van der Waals surface area contributed by atoms with E-state index in [1.54, 1.807) is 0 Å². The van der Waals surface area contributed by atoms with E-state index < -0.39 is 0 Å². The van der Waals surface area contributed by atoms with Gasteiger partial charge in [0.15, 0.2) is 5.82 Å². The Bertz CT molecular complexity index is 487. The monoisotopic (exact) mass is 213 g/mol. The van der Waals surface area contributed by atoms with Crippen LogP contribution >= 0.6 is 0 Å². The molecule has 2 aromatic rings. The summed E-state index contributed by atoms with van der Waals surface area (Å²) < 4.78 is 2.09. The van der Waals surface area contributed by atoms with Crippen molar-refractivity contribution in [1.82, 2.24) is 14.8 Å². The van der Waals surface area contributed by atoms with E-state index >= 15 is 0 Å². The molecule has 0 amide bonds. The van der Waals surface area contributed by atoms with Crippen molar-refractivity contribution in [2.75, 3.05) is 0 Å². The molecule has 1 atom stereocenters. The number of hydrogen-bond acceptors (Lipinski definition) is 2. The Morgan fingerprint density at radius 2 is 2.06 bits per heavy atom. The van der Waals surface area contributed by atoms with Gasteiger partial charge in [0.05, 0.1) is 6.04 Å². The van der Waals surface area contributed by atoms with E-state index in [0.29, 0.717) is 6.04 Å². The SMILES string of the molecule is CC1CCCc2nc(-c3ccccc3)nn21. The molecular weight excluding hydrogens is 198 g/mol. The van der Waals surface area contributed by atoms with E-state index in [9.17, 15) is 0 Å². The second-order valence-corrected chi connectivity index (χ2v) is 4.40. The van der Waals surface area contributed by atoms with Gasteiger partial charge in [-0.1, -0.05) is 30.3 Å². The third-order valence-corrected chi connectivity index (χ3v) is 3.17. The molecule has 0 fully saturated rings. The molecule has 16 heavy (non-hydrogen) atoms. The van der Waals surface area contributed by atoms with Gasteiger partial charge in [0.1, 0.15) is 5.82 Å². The summed E-state index contributed by atoms with van der Waals surface area (Å²) in [6.07, 6.45) is 3.50. The van der Waals surface area contributed by atoms with Gasteiger partial charge in [-0.05, 0) is 19.8 Å². The number of hydrogen-bond donors (Lipinski definition) is 0. The van der Waals surface area contributed by atoms with Crippen LogP contribution in [-0.2, 0) is 6.42 Å². The normalized spacial score (nSPS) is 19.4. The average Bonchev–Trinajstić information content (AvgIpc) is 2.76. The van der Waals surface area contributed by atoms with Crippen LogP contribution < -0.4 is 0 Å². The van der Waals surface area contributed by atoms with Crippen molar-refractivity contribution in [3.63, 3.8) is 0 Å². The molecule has 0 N–H and O–H groups in total. The van der Waals surface area contributed by atoms with Crippen molar-refractivity contribution in [3.8, 4) is 11.4 Å². The van der Waals surface area contributed by atoms with Crippen molar-refractivity contribution in [1.29, 1.82) is 0 Å². The van der Waals surface area contributed by atoms with Crippen LogP contribution in [0.25, 0.3) is 11.4 Å². The van der Waals surface area contributed by atoms with E-state index in [1.165, 1.54) is 12.8 Å². The number of nitrogens with zero attached hydrogens (tertiary/aromatic N) is 3. The fraction of sp³-hybridized carbons (Fsp3) is 0.385. The standard InChI is InChI=1S/C13H15N3/c1-10-6-5-9-12-14-13(15-16(10)12)11-7-3-2-4-8-11/h2-4,7-8,10H,5-6,9H2,1H3. The first-order valence-electron chi connectivity index (χ1n) is 5.85. The Morgan fingerprint density at radius 3 is 2.81 bits per heavy atom. The molecule has 0 spiro atoms. The third kappa shape index (κ3) is 1.52. The van der Waals surface area contributed by atoms with Gasteiger partial charge in [-0.3, -0.25) is 0 Å². The predicted molar refractivity (Wildman–Crippen MR) is 63.1 cm³/mol. The summed E-state index contributed by atoms with van der Waals surface area (Å²) in [7, 11) is 0. The molecule has 0 aliphatic carbocycles. The lowest BCUT2D eigenvalue weighted by Gasteiger charge is -2.18. The van der Waals surface area contributed by atoms with Crippen molar-refractivity contribution >= 4 is 0 Å². The minimum absolute atomic E-state index is 0.494. The molecule has 1 aromatic carbocycles. The van der Waals surface area contributed by atoms with Gasteiger partial charge in [-0.15, -0.1) is 0 Å². The molecule has 1 aliphatic rings. The van der Waals surface area contributed by atoms with Crippen LogP contribution in [0.4, 0.5) is 0 Å². The second kappa shape index (κ2) is 3.74. The molecule has 1 aliphatic heterocycles. The highest BCUT2D eigenvalue weighted by Crippen LogP contribution is 2.25. The first-order chi connectivity index (χ1) is 7.84. The molecule has 3 nitrogen and oxygen atoms in total. The van der Waals surface area contributed by atoms with Crippen LogP contribution in [0.1, 0.15) is 31.6 Å². The van der Waals surface area contributed by atoms with Gasteiger partial charge in [0.25, 0.3) is 0 Å². The number of rotatable bonds is 1. The summed E-state index contributed by atoms with van der Waals surface area (Å²) in [6.45, 7) is 2.21. The summed E-state index contributed by atoms with van der Waals surface area (Å²) in [5.74, 6) is 2.00. The fourth-order valence-corrected chi connectivity index (χ4v) is 2.27. The Kier molecular flexibility index (Phi) is 2.24. The lowest BCUT2D eigenvalue weighted by Crippen LogP contribution is -2.16. The number of fused-ring (bicyclic) bond motifs is 1. The first-order valence-corrected chi connectivity index (χ1v) is 5.85. The highest BCUT2D eigenvalue weighted by molar-refractivity contribution is 5.54. The zero-order chi connectivity index (χ0) is 11.0. The summed E-state index contributed by atoms with van der Waals surface area (Å²) in [5.41, 5.74) is 1.11. The maximum absolute atomic E-state index is 4.62. The number of aromatic nitrogens is 3. The molecule has 3 heteroatoms. The van der Waals surface area contributed by atoms with Gasteiger partial charge in [-0.2, -0.15) is 5.10 Å². The lowest BCUT2D eigenvalue weighted by atomic mass is 10.1. The summed E-state index contributed by atoms with van der Waals surface area (Å²) in [5, 5.41) is 4.61. The molecule has 0 bridgehead atoms. The average molecular weight is 213 g/mol. The summed E-state index contributed by atoms with van der Waals surface area (Å²) >= 11 is 0. The fourth-order valence-electron chi connectivity index (χ4n) is 2.27. The summed E-state index contributed by atoms with van der Waals surface area (Å²) in [4.78, 5) is 4.62. The molecule has 2 heterocycles. The lowest BCUT2D eigenvalue weighted by molar-refractivity contribution is 0.389. The Labute approximate surface area is 95.1 Å². The van der Waals surface area contributed by atoms with E-state index in [2.05, 4.69) is 33.8 Å². The summed E-state index contributed by atoms with van der Waals surface area (Å²) in [6, 6.07) is 10.7. The van der Waals surface area contributed by atoms with Crippen molar-refractivity contribution in [2.24, 2.45) is 0 Å². The second-order valence-electron chi connectivity index (χ2n) is 4.40. The number of aryl methyl sites for hydroxylation is 1. The van der Waals surface area contributed by atoms with Gasteiger partial charge >= 0.3 is 0 Å². The minimum atomic E-state index is 0.494. The Morgan fingerprint density at radius 1 is 1.25 bits per heavy atom. The van der Waals surface area contributed by atoms with Gasteiger partial charge in [0.2, 0.25) is 0 Å². The zero-order valence-electron chi connectivity index (χ0n) is 9.43. The molecule has 0 saturated carbocycles. The molecular formula is C13H15N3. The smallest absolute Gasteiger partial charge is 0.181 e. The minimum Gasteiger partial charge on any atom is -0.247 e. The molecule has 0 saturated heterocycles. The molecule has 82 valence electrons. The largest absolute Gasteiger partial charge is 0.247 e. The van der Waals surface area contributed by atoms with E-state index in [-0.39, 0.29) is 0 Å². The Balaban J connectivity index is 2.05. The quantitative estimate of drug-likeness (QED) is 0.729. The van der Waals surface area contributed by atoms with Crippen LogP contribution in [-0.4, -0.2) is 14.8 Å². The van der Waals surface area contributed by atoms with Crippen LogP contribution in [0.3, 0.4) is 0 Å². The molecule has 0 radical (unpaired) electrons. The predicted octanol–water partition coefficient (Wildman–Crippen LogP) is 2.84. The van der Waals surface area contributed by atoms with Crippen LogP contribution in [0.5, 0.6) is 0 Å². The first kappa shape index (κ1) is 9.58. The highest BCUT2D eigenvalue weighted by atomic mass is 15.4. The van der Waals surface area contributed by atoms with Crippen molar-refractivity contribution < 1.29 is 0 Å². The number of benzene rings is 1. The van der Waals surface area contributed by atoms with E-state index in [0.717, 1.165) is 23.6 Å².